The molecule has 0 bridgehead atoms. The topological polar surface area (TPSA) is 0 Å². The van der Waals surface area contributed by atoms with E-state index in [1.807, 2.05) is 6.07 Å². The Kier molecular flexibility index (Phi) is 3.52. The molecule has 0 N–H and O–H groups in total. The molecule has 0 aliphatic heterocycles. The lowest BCUT2D eigenvalue weighted by Gasteiger charge is -2.19. The van der Waals surface area contributed by atoms with E-state index in [-0.39, 0.29) is 5.41 Å². The maximum Gasteiger partial charge on any atom is -0.0138 e. The molecule has 0 aliphatic carbocycles. The minimum absolute atomic E-state index is 0.149. The van der Waals surface area contributed by atoms with E-state index in [9.17, 15) is 0 Å². The zero-order valence-electron chi connectivity index (χ0n) is 10.2. The van der Waals surface area contributed by atoms with Crippen LogP contribution in [-0.2, 0) is 0 Å². The fourth-order valence-electron chi connectivity index (χ4n) is 1.26. The molecule has 0 saturated heterocycles. The molecule has 0 spiro atoms. The summed E-state index contributed by atoms with van der Waals surface area (Å²) in [6.45, 7) is 12.8. The van der Waals surface area contributed by atoms with Gasteiger partial charge in [0, 0.05) is 0 Å². The van der Waals surface area contributed by atoms with E-state index < -0.39 is 0 Å². The second kappa shape index (κ2) is 4.48. The lowest BCUT2D eigenvalue weighted by molar-refractivity contribution is 0.519. The number of rotatable bonds is 2. The predicted octanol–water partition coefficient (Wildman–Crippen LogP) is 4.69. The molecule has 0 fully saturated rings. The van der Waals surface area contributed by atoms with Crippen LogP contribution in [0.1, 0.15) is 33.3 Å². The summed E-state index contributed by atoms with van der Waals surface area (Å²) in [7, 11) is 0. The number of hydrogen-bond acceptors (Lipinski definition) is 0. The first-order valence-electron chi connectivity index (χ1n) is 5.34. The maximum atomic E-state index is 4.12. The van der Waals surface area contributed by atoms with Gasteiger partial charge in [0.15, 0.2) is 0 Å². The van der Waals surface area contributed by atoms with Gasteiger partial charge in [0.2, 0.25) is 0 Å². The molecule has 0 nitrogen and oxygen atoms in total. The summed E-state index contributed by atoms with van der Waals surface area (Å²) in [4.78, 5) is 0. The third kappa shape index (κ3) is 3.39. The molecule has 15 heavy (non-hydrogen) atoms. The molecule has 0 aliphatic rings. The second-order valence-electron chi connectivity index (χ2n) is 4.97. The van der Waals surface area contributed by atoms with Crippen molar-refractivity contribution in [1.29, 1.82) is 0 Å². The summed E-state index contributed by atoms with van der Waals surface area (Å²) < 4.78 is 0. The highest BCUT2D eigenvalue weighted by Gasteiger charge is 2.12. The average molecular weight is 200 g/mol. The molecule has 1 aromatic rings. The predicted molar refractivity (Wildman–Crippen MR) is 68.7 cm³/mol. The van der Waals surface area contributed by atoms with Crippen molar-refractivity contribution >= 4 is 5.57 Å². The Bertz CT molecular complexity index is 361. The summed E-state index contributed by atoms with van der Waals surface area (Å²) in [5.74, 6) is 0. The van der Waals surface area contributed by atoms with Crippen LogP contribution >= 0.6 is 0 Å². The zero-order chi connectivity index (χ0) is 11.5. The van der Waals surface area contributed by atoms with E-state index in [4.69, 9.17) is 0 Å². The average Bonchev–Trinajstić information content (AvgIpc) is 2.17. The van der Waals surface area contributed by atoms with Gasteiger partial charge in [0.1, 0.15) is 0 Å². The van der Waals surface area contributed by atoms with Crippen LogP contribution in [0.15, 0.2) is 48.6 Å². The van der Waals surface area contributed by atoms with Crippen LogP contribution in [0.4, 0.5) is 0 Å². The van der Waals surface area contributed by atoms with Gasteiger partial charge >= 0.3 is 0 Å². The lowest BCUT2D eigenvalue weighted by Crippen LogP contribution is -2.06. The molecule has 80 valence electrons. The number of allylic oxidation sites excluding steroid dienone is 3. The number of hydrogen-bond donors (Lipinski definition) is 0. The second-order valence-corrected chi connectivity index (χ2v) is 4.97. The van der Waals surface area contributed by atoms with Crippen LogP contribution < -0.4 is 0 Å². The van der Waals surface area contributed by atoms with Gasteiger partial charge in [-0.05, 0) is 29.0 Å². The standard InChI is InChI=1S/C15H20/c1-12(11-13(2)15(3,4)5)14-9-7-6-8-10-14/h6-11H,2H2,1,3-5H3. The summed E-state index contributed by atoms with van der Waals surface area (Å²) >= 11 is 0. The third-order valence-corrected chi connectivity index (χ3v) is 2.58. The third-order valence-electron chi connectivity index (χ3n) is 2.58. The first kappa shape index (κ1) is 11.8. The molecule has 0 heterocycles. The van der Waals surface area contributed by atoms with Crippen molar-refractivity contribution in [2.75, 3.05) is 0 Å². The van der Waals surface area contributed by atoms with Crippen LogP contribution in [-0.4, -0.2) is 0 Å². The van der Waals surface area contributed by atoms with Crippen molar-refractivity contribution in [1.82, 2.24) is 0 Å². The molecule has 1 aromatic carbocycles. The van der Waals surface area contributed by atoms with Gasteiger partial charge in [-0.3, -0.25) is 0 Å². The molecule has 1 rings (SSSR count). The zero-order valence-corrected chi connectivity index (χ0v) is 10.2. The molecule has 0 aromatic heterocycles. The highest BCUT2D eigenvalue weighted by Crippen LogP contribution is 2.27. The van der Waals surface area contributed by atoms with E-state index in [1.54, 1.807) is 0 Å². The van der Waals surface area contributed by atoms with Gasteiger partial charge in [-0.25, -0.2) is 0 Å². The van der Waals surface area contributed by atoms with Crippen LogP contribution in [0, 0.1) is 5.41 Å². The minimum Gasteiger partial charge on any atom is -0.0953 e. The lowest BCUT2D eigenvalue weighted by atomic mass is 9.86. The van der Waals surface area contributed by atoms with Crippen molar-refractivity contribution in [3.8, 4) is 0 Å². The Hall–Kier alpha value is -1.30. The van der Waals surface area contributed by atoms with Crippen molar-refractivity contribution in [2.45, 2.75) is 27.7 Å². The SMILES string of the molecule is C=C(C=C(C)c1ccccc1)C(C)(C)C. The van der Waals surface area contributed by atoms with E-state index in [1.165, 1.54) is 16.7 Å². The monoisotopic (exact) mass is 200 g/mol. The Morgan fingerprint density at radius 3 is 2.13 bits per heavy atom. The normalized spacial score (nSPS) is 12.7. The number of benzene rings is 1. The molecule has 0 unspecified atom stereocenters. The van der Waals surface area contributed by atoms with Crippen LogP contribution in [0.25, 0.3) is 5.57 Å². The first-order valence-corrected chi connectivity index (χ1v) is 5.34. The van der Waals surface area contributed by atoms with Crippen LogP contribution in [0.2, 0.25) is 0 Å². The van der Waals surface area contributed by atoms with Gasteiger partial charge in [0.25, 0.3) is 0 Å². The van der Waals surface area contributed by atoms with Crippen molar-refractivity contribution < 1.29 is 0 Å². The molecule has 0 atom stereocenters. The van der Waals surface area contributed by atoms with Crippen LogP contribution in [0.5, 0.6) is 0 Å². The van der Waals surface area contributed by atoms with Crippen LogP contribution in [0.3, 0.4) is 0 Å². The van der Waals surface area contributed by atoms with Gasteiger partial charge in [0.05, 0.1) is 0 Å². The maximum absolute atomic E-state index is 4.12. The van der Waals surface area contributed by atoms with E-state index in [0.717, 1.165) is 0 Å². The van der Waals surface area contributed by atoms with Crippen molar-refractivity contribution in [3.63, 3.8) is 0 Å². The molecular weight excluding hydrogens is 180 g/mol. The highest BCUT2D eigenvalue weighted by molar-refractivity contribution is 5.66. The summed E-state index contributed by atoms with van der Waals surface area (Å²) in [6.07, 6.45) is 2.18. The highest BCUT2D eigenvalue weighted by atomic mass is 14.2. The summed E-state index contributed by atoms with van der Waals surface area (Å²) in [6, 6.07) is 10.4. The summed E-state index contributed by atoms with van der Waals surface area (Å²) in [5.41, 5.74) is 3.86. The van der Waals surface area contributed by atoms with Gasteiger partial charge in [-0.2, -0.15) is 0 Å². The molecule has 0 radical (unpaired) electrons. The Balaban J connectivity index is 2.91. The van der Waals surface area contributed by atoms with E-state index in [0.29, 0.717) is 0 Å². The van der Waals surface area contributed by atoms with Gasteiger partial charge < -0.3 is 0 Å². The van der Waals surface area contributed by atoms with Crippen molar-refractivity contribution in [3.05, 3.63) is 54.1 Å². The first-order chi connectivity index (χ1) is 6.91. The minimum atomic E-state index is 0.149. The fraction of sp³-hybridized carbons (Fsp3) is 0.333. The molecule has 0 amide bonds. The summed E-state index contributed by atoms with van der Waals surface area (Å²) in [5, 5.41) is 0. The fourth-order valence-corrected chi connectivity index (χ4v) is 1.26. The molecule has 0 heteroatoms. The molecular formula is C15H20. The van der Waals surface area contributed by atoms with E-state index in [2.05, 4.69) is 64.6 Å². The Morgan fingerprint density at radius 1 is 1.13 bits per heavy atom. The van der Waals surface area contributed by atoms with Crippen molar-refractivity contribution in [2.24, 2.45) is 5.41 Å². The Morgan fingerprint density at radius 2 is 1.67 bits per heavy atom. The quantitative estimate of drug-likeness (QED) is 0.607. The Labute approximate surface area is 93.3 Å². The van der Waals surface area contributed by atoms with Gasteiger partial charge in [-0.15, -0.1) is 0 Å². The van der Waals surface area contributed by atoms with E-state index >= 15 is 0 Å². The molecule has 0 saturated carbocycles. The van der Waals surface area contributed by atoms with Gasteiger partial charge in [-0.1, -0.05) is 63.8 Å². The smallest absolute Gasteiger partial charge is 0.0138 e. The largest absolute Gasteiger partial charge is 0.0953 e.